The van der Waals surface area contributed by atoms with Crippen LogP contribution in [0.4, 0.5) is 5.69 Å². The van der Waals surface area contributed by atoms with Gasteiger partial charge in [-0.25, -0.2) is 13.6 Å². The zero-order valence-corrected chi connectivity index (χ0v) is 16.1. The molecule has 1 unspecified atom stereocenters. The number of hydrogen-bond donors (Lipinski definition) is 1. The first-order valence-corrected chi connectivity index (χ1v) is 10.9. The fourth-order valence-electron chi connectivity index (χ4n) is 3.97. The molecule has 0 aliphatic carbocycles. The number of likely N-dealkylation sites (tertiary alicyclic amines) is 1. The molecule has 3 rings (SSSR count). The summed E-state index contributed by atoms with van der Waals surface area (Å²) in [6.45, 7) is 5.20. The van der Waals surface area contributed by atoms with Crippen molar-refractivity contribution in [3.8, 4) is 0 Å². The molecule has 146 valence electrons. The van der Waals surface area contributed by atoms with Crippen LogP contribution in [0.25, 0.3) is 0 Å². The van der Waals surface area contributed by atoms with Gasteiger partial charge in [-0.05, 0) is 61.4 Å². The highest BCUT2D eigenvalue weighted by molar-refractivity contribution is 7.89. The van der Waals surface area contributed by atoms with Gasteiger partial charge < -0.3 is 9.80 Å². The van der Waals surface area contributed by atoms with Crippen LogP contribution in [0.1, 0.15) is 35.2 Å². The van der Waals surface area contributed by atoms with Crippen molar-refractivity contribution in [3.05, 3.63) is 42.0 Å². The molecular weight excluding hydrogens is 366 g/mol. The summed E-state index contributed by atoms with van der Waals surface area (Å²) in [7, 11) is -3.55. The minimum Gasteiger partial charge on any atom is -0.338 e. The SMILES string of the molecule is C=CC(=O)N1CCCc2cc(C(=O)N3CCCC(CS(N)(=O)=O)C3)ccc21. The van der Waals surface area contributed by atoms with Crippen LogP contribution in [0.15, 0.2) is 30.9 Å². The first-order chi connectivity index (χ1) is 12.8. The second kappa shape index (κ2) is 7.82. The molecule has 2 N–H and O–H groups in total. The molecule has 1 aromatic rings. The molecule has 2 amide bonds. The Morgan fingerprint density at radius 1 is 1.26 bits per heavy atom. The van der Waals surface area contributed by atoms with Gasteiger partial charge >= 0.3 is 0 Å². The van der Waals surface area contributed by atoms with Gasteiger partial charge in [-0.1, -0.05) is 6.58 Å². The molecule has 0 radical (unpaired) electrons. The zero-order chi connectivity index (χ0) is 19.6. The third-order valence-corrected chi connectivity index (χ3v) is 6.10. The van der Waals surface area contributed by atoms with Gasteiger partial charge in [-0.3, -0.25) is 9.59 Å². The predicted molar refractivity (Wildman–Crippen MR) is 104 cm³/mol. The number of aryl methyl sites for hydroxylation is 1. The largest absolute Gasteiger partial charge is 0.338 e. The number of fused-ring (bicyclic) bond motifs is 1. The molecule has 0 bridgehead atoms. The summed E-state index contributed by atoms with van der Waals surface area (Å²) >= 11 is 0. The molecule has 8 heteroatoms. The summed E-state index contributed by atoms with van der Waals surface area (Å²) in [4.78, 5) is 28.3. The number of amides is 2. The predicted octanol–water partition coefficient (Wildman–Crippen LogP) is 1.29. The topological polar surface area (TPSA) is 101 Å². The maximum atomic E-state index is 12.9. The Labute approximate surface area is 159 Å². The fraction of sp³-hybridized carbons (Fsp3) is 0.474. The summed E-state index contributed by atoms with van der Waals surface area (Å²) in [6.07, 6.45) is 4.46. The van der Waals surface area contributed by atoms with E-state index in [1.54, 1.807) is 15.9 Å². The summed E-state index contributed by atoms with van der Waals surface area (Å²) in [5, 5.41) is 5.15. The van der Waals surface area contributed by atoms with Crippen molar-refractivity contribution in [1.29, 1.82) is 0 Å². The average molecular weight is 391 g/mol. The maximum absolute atomic E-state index is 12.9. The van der Waals surface area contributed by atoms with Gasteiger partial charge in [0, 0.05) is 30.9 Å². The highest BCUT2D eigenvalue weighted by Gasteiger charge is 2.28. The monoisotopic (exact) mass is 391 g/mol. The third-order valence-electron chi connectivity index (χ3n) is 5.16. The summed E-state index contributed by atoms with van der Waals surface area (Å²) in [6, 6.07) is 5.40. The van der Waals surface area contributed by atoms with Crippen molar-refractivity contribution in [2.24, 2.45) is 11.1 Å². The van der Waals surface area contributed by atoms with Gasteiger partial charge in [-0.15, -0.1) is 0 Å². The van der Waals surface area contributed by atoms with Crippen molar-refractivity contribution in [2.75, 3.05) is 30.3 Å². The Bertz CT molecular complexity index is 866. The van der Waals surface area contributed by atoms with Gasteiger partial charge in [0.1, 0.15) is 0 Å². The molecule has 2 aliphatic rings. The van der Waals surface area contributed by atoms with Crippen LogP contribution >= 0.6 is 0 Å². The third kappa shape index (κ3) is 4.56. The van der Waals surface area contributed by atoms with E-state index in [0.717, 1.165) is 36.9 Å². The van der Waals surface area contributed by atoms with Crippen LogP contribution in [-0.2, 0) is 21.2 Å². The van der Waals surface area contributed by atoms with E-state index in [1.165, 1.54) is 6.08 Å². The second-order valence-electron chi connectivity index (χ2n) is 7.23. The number of carbonyl (C=O) groups excluding carboxylic acids is 2. The number of piperidine rings is 1. The molecule has 7 nitrogen and oxygen atoms in total. The normalized spacial score (nSPS) is 20.1. The second-order valence-corrected chi connectivity index (χ2v) is 8.89. The molecule has 2 aliphatic heterocycles. The lowest BCUT2D eigenvalue weighted by molar-refractivity contribution is -0.114. The first-order valence-electron chi connectivity index (χ1n) is 9.15. The molecule has 27 heavy (non-hydrogen) atoms. The number of nitrogens with zero attached hydrogens (tertiary/aromatic N) is 2. The van der Waals surface area contributed by atoms with E-state index >= 15 is 0 Å². The lowest BCUT2D eigenvalue weighted by atomic mass is 9.96. The molecule has 1 saturated heterocycles. The quantitative estimate of drug-likeness (QED) is 0.782. The van der Waals surface area contributed by atoms with Crippen molar-refractivity contribution in [3.63, 3.8) is 0 Å². The van der Waals surface area contributed by atoms with Crippen LogP contribution in [0.2, 0.25) is 0 Å². The van der Waals surface area contributed by atoms with Gasteiger partial charge in [0.05, 0.1) is 5.75 Å². The van der Waals surface area contributed by atoms with E-state index < -0.39 is 10.0 Å². The number of sulfonamides is 1. The minimum absolute atomic E-state index is 0.0976. The molecule has 1 atom stereocenters. The number of carbonyl (C=O) groups is 2. The van der Waals surface area contributed by atoms with Crippen molar-refractivity contribution in [2.45, 2.75) is 25.7 Å². The number of nitrogens with two attached hydrogens (primary N) is 1. The highest BCUT2D eigenvalue weighted by atomic mass is 32.2. The number of rotatable bonds is 4. The Morgan fingerprint density at radius 2 is 2.04 bits per heavy atom. The summed E-state index contributed by atoms with van der Waals surface area (Å²) in [5.41, 5.74) is 2.37. The Morgan fingerprint density at radius 3 is 2.74 bits per heavy atom. The van der Waals surface area contributed by atoms with Gasteiger partial charge in [-0.2, -0.15) is 0 Å². The van der Waals surface area contributed by atoms with Gasteiger partial charge in [0.15, 0.2) is 0 Å². The lowest BCUT2D eigenvalue weighted by Gasteiger charge is -2.33. The van der Waals surface area contributed by atoms with E-state index in [-0.39, 0.29) is 23.5 Å². The first kappa shape index (κ1) is 19.6. The standard InChI is InChI=1S/C19H25N3O4S/c1-2-18(23)22-10-4-6-15-11-16(7-8-17(15)22)19(24)21-9-3-5-14(12-21)13-27(20,25)26/h2,7-8,11,14H,1,3-6,9-10,12-13H2,(H2,20,25,26). The number of anilines is 1. The van der Waals surface area contributed by atoms with Crippen LogP contribution in [0, 0.1) is 5.92 Å². The van der Waals surface area contributed by atoms with E-state index in [1.807, 2.05) is 12.1 Å². The van der Waals surface area contributed by atoms with Crippen LogP contribution < -0.4 is 10.0 Å². The lowest BCUT2D eigenvalue weighted by Crippen LogP contribution is -2.42. The van der Waals surface area contributed by atoms with Crippen molar-refractivity contribution >= 4 is 27.5 Å². The molecule has 0 saturated carbocycles. The highest BCUT2D eigenvalue weighted by Crippen LogP contribution is 2.29. The fourth-order valence-corrected chi connectivity index (χ4v) is 4.90. The summed E-state index contributed by atoms with van der Waals surface area (Å²) in [5.74, 6) is -0.475. The van der Waals surface area contributed by atoms with E-state index in [4.69, 9.17) is 5.14 Å². The van der Waals surface area contributed by atoms with Crippen LogP contribution in [-0.4, -0.2) is 50.5 Å². The smallest absolute Gasteiger partial charge is 0.253 e. The molecule has 1 aromatic carbocycles. The van der Waals surface area contributed by atoms with E-state index in [2.05, 4.69) is 6.58 Å². The molecule has 0 aromatic heterocycles. The van der Waals surface area contributed by atoms with Crippen molar-refractivity contribution in [1.82, 2.24) is 4.90 Å². The Hall–Kier alpha value is -2.19. The van der Waals surface area contributed by atoms with E-state index in [9.17, 15) is 18.0 Å². The van der Waals surface area contributed by atoms with Crippen LogP contribution in [0.3, 0.4) is 0 Å². The number of hydrogen-bond acceptors (Lipinski definition) is 4. The summed E-state index contributed by atoms with van der Waals surface area (Å²) < 4.78 is 22.7. The van der Waals surface area contributed by atoms with Crippen LogP contribution in [0.5, 0.6) is 0 Å². The molecule has 1 fully saturated rings. The Kier molecular flexibility index (Phi) is 5.67. The molecule has 0 spiro atoms. The zero-order valence-electron chi connectivity index (χ0n) is 15.3. The Balaban J connectivity index is 1.77. The van der Waals surface area contributed by atoms with Gasteiger partial charge in [0.25, 0.3) is 5.91 Å². The maximum Gasteiger partial charge on any atom is 0.253 e. The average Bonchev–Trinajstić information content (AvgIpc) is 2.64. The number of benzene rings is 1. The van der Waals surface area contributed by atoms with Crippen molar-refractivity contribution < 1.29 is 18.0 Å². The molecule has 2 heterocycles. The van der Waals surface area contributed by atoms with Gasteiger partial charge in [0.2, 0.25) is 15.9 Å². The number of primary sulfonamides is 1. The van der Waals surface area contributed by atoms with E-state index in [0.29, 0.717) is 25.2 Å². The minimum atomic E-state index is -3.55. The molecular formula is C19H25N3O4S.